The summed E-state index contributed by atoms with van der Waals surface area (Å²) in [7, 11) is 0. The lowest BCUT2D eigenvalue weighted by molar-refractivity contribution is 0.0999. The molecule has 12 heavy (non-hydrogen) atoms. The molecule has 0 radical (unpaired) electrons. The molecular weight excluding hydrogens is 160 g/mol. The molecule has 1 heterocycles. The van der Waals surface area contributed by atoms with Gasteiger partial charge < -0.3 is 5.11 Å². The Morgan fingerprint density at radius 1 is 1.67 bits per heavy atom. The molecule has 1 aromatic rings. The predicted molar refractivity (Wildman–Crippen MR) is 39.4 cm³/mol. The van der Waals surface area contributed by atoms with E-state index in [-0.39, 0.29) is 11.3 Å². The highest BCUT2D eigenvalue weighted by atomic mass is 16.3. The van der Waals surface area contributed by atoms with Crippen LogP contribution in [0, 0.1) is 0 Å². The fraction of sp³-hybridized carbons (Fsp3) is 0. The number of nitrogens with zero attached hydrogens (tertiary/aromatic N) is 4. The van der Waals surface area contributed by atoms with Crippen LogP contribution in [0.2, 0.25) is 0 Å². The highest BCUT2D eigenvalue weighted by Gasteiger charge is 2.02. The van der Waals surface area contributed by atoms with Crippen molar-refractivity contribution in [3.8, 4) is 5.75 Å². The maximum atomic E-state index is 10.8. The summed E-state index contributed by atoms with van der Waals surface area (Å²) < 4.78 is 0. The molecule has 0 saturated carbocycles. The molecule has 1 amide bonds. The van der Waals surface area contributed by atoms with Crippen LogP contribution in [0.25, 0.3) is 10.4 Å². The lowest BCUT2D eigenvalue weighted by Gasteiger charge is -1.93. The van der Waals surface area contributed by atoms with Crippen LogP contribution in [-0.4, -0.2) is 16.0 Å². The topological polar surface area (TPSA) is 99.0 Å². The van der Waals surface area contributed by atoms with Crippen LogP contribution in [-0.2, 0) is 0 Å². The normalized spacial score (nSPS) is 8.67. The van der Waals surface area contributed by atoms with Crippen molar-refractivity contribution in [2.45, 2.75) is 0 Å². The fourth-order valence-electron chi connectivity index (χ4n) is 0.643. The molecule has 0 aliphatic heterocycles. The minimum Gasteiger partial charge on any atom is -0.506 e. The van der Waals surface area contributed by atoms with Crippen LogP contribution in [0.3, 0.4) is 0 Å². The third-order valence-electron chi connectivity index (χ3n) is 1.11. The van der Waals surface area contributed by atoms with Crippen LogP contribution in [0.1, 0.15) is 10.4 Å². The predicted octanol–water partition coefficient (Wildman–Crippen LogP) is 1.24. The molecule has 6 nitrogen and oxygen atoms in total. The maximum Gasteiger partial charge on any atom is 0.250 e. The number of aromatic nitrogens is 1. The second-order valence-corrected chi connectivity index (χ2v) is 1.93. The monoisotopic (exact) mass is 164 g/mol. The van der Waals surface area contributed by atoms with Gasteiger partial charge >= 0.3 is 0 Å². The number of aromatic hydroxyl groups is 1. The van der Waals surface area contributed by atoms with E-state index >= 15 is 0 Å². The van der Waals surface area contributed by atoms with E-state index < -0.39 is 5.91 Å². The first-order valence-electron chi connectivity index (χ1n) is 2.97. The van der Waals surface area contributed by atoms with E-state index in [1.54, 1.807) is 0 Å². The molecule has 0 saturated heterocycles. The van der Waals surface area contributed by atoms with Crippen LogP contribution < -0.4 is 0 Å². The lowest BCUT2D eigenvalue weighted by Crippen LogP contribution is -1.93. The van der Waals surface area contributed by atoms with E-state index in [0.717, 1.165) is 0 Å². The SMILES string of the molecule is [N-]=[N+]=NC(=O)c1cncc(O)c1. The molecule has 0 aliphatic rings. The summed E-state index contributed by atoms with van der Waals surface area (Å²) in [4.78, 5) is 16.7. The molecule has 0 bridgehead atoms. The zero-order valence-corrected chi connectivity index (χ0v) is 5.88. The Hall–Kier alpha value is -2.07. The van der Waals surface area contributed by atoms with Gasteiger partial charge in [0, 0.05) is 16.7 Å². The van der Waals surface area contributed by atoms with E-state index in [1.807, 2.05) is 0 Å². The second-order valence-electron chi connectivity index (χ2n) is 1.93. The van der Waals surface area contributed by atoms with Crippen LogP contribution in [0.4, 0.5) is 0 Å². The van der Waals surface area contributed by atoms with Crippen LogP contribution >= 0.6 is 0 Å². The summed E-state index contributed by atoms with van der Waals surface area (Å²) in [5.41, 5.74) is 7.98. The van der Waals surface area contributed by atoms with Gasteiger partial charge in [-0.25, -0.2) is 0 Å². The van der Waals surface area contributed by atoms with Gasteiger partial charge in [-0.2, -0.15) is 0 Å². The third kappa shape index (κ3) is 1.71. The number of pyridine rings is 1. The highest BCUT2D eigenvalue weighted by Crippen LogP contribution is 2.09. The average molecular weight is 164 g/mol. The molecular formula is C6H4N4O2. The zero-order chi connectivity index (χ0) is 8.97. The van der Waals surface area contributed by atoms with Crippen molar-refractivity contribution >= 4 is 5.91 Å². The van der Waals surface area contributed by atoms with Gasteiger partial charge in [0.25, 0.3) is 5.91 Å². The minimum atomic E-state index is -0.763. The molecule has 0 unspecified atom stereocenters. The Kier molecular flexibility index (Phi) is 2.25. The van der Waals surface area contributed by atoms with E-state index in [0.29, 0.717) is 0 Å². The standard InChI is InChI=1S/C6H4N4O2/c7-10-9-6(12)4-1-5(11)3-8-2-4/h1-3,11H. The van der Waals surface area contributed by atoms with Crippen LogP contribution in [0.5, 0.6) is 5.75 Å². The van der Waals surface area contributed by atoms with Gasteiger partial charge in [-0.05, 0) is 16.7 Å². The van der Waals surface area contributed by atoms with Crippen molar-refractivity contribution in [2.24, 2.45) is 5.11 Å². The molecule has 0 aliphatic carbocycles. The number of carbonyl (C=O) groups excluding carboxylic acids is 1. The summed E-state index contributed by atoms with van der Waals surface area (Å²) in [5.74, 6) is -0.908. The first-order chi connectivity index (χ1) is 5.74. The van der Waals surface area contributed by atoms with Crippen LogP contribution in [0.15, 0.2) is 23.6 Å². The van der Waals surface area contributed by atoms with Crippen molar-refractivity contribution in [1.29, 1.82) is 0 Å². The molecule has 0 fully saturated rings. The zero-order valence-electron chi connectivity index (χ0n) is 5.88. The number of rotatable bonds is 1. The Morgan fingerprint density at radius 2 is 2.42 bits per heavy atom. The maximum absolute atomic E-state index is 10.8. The van der Waals surface area contributed by atoms with E-state index in [4.69, 9.17) is 10.6 Å². The third-order valence-corrected chi connectivity index (χ3v) is 1.11. The van der Waals surface area contributed by atoms with Gasteiger partial charge in [-0.3, -0.25) is 9.78 Å². The van der Waals surface area contributed by atoms with Crippen molar-refractivity contribution < 1.29 is 9.90 Å². The van der Waals surface area contributed by atoms with Crippen molar-refractivity contribution in [3.63, 3.8) is 0 Å². The summed E-state index contributed by atoms with van der Waals surface area (Å²) in [6.07, 6.45) is 2.38. The Bertz CT molecular complexity index is 356. The van der Waals surface area contributed by atoms with Gasteiger partial charge in [0.1, 0.15) is 5.75 Å². The van der Waals surface area contributed by atoms with E-state index in [9.17, 15) is 4.79 Å². The number of amides is 1. The number of carbonyl (C=O) groups is 1. The summed E-state index contributed by atoms with van der Waals surface area (Å²) >= 11 is 0. The largest absolute Gasteiger partial charge is 0.506 e. The fourth-order valence-corrected chi connectivity index (χ4v) is 0.643. The quantitative estimate of drug-likeness (QED) is 0.384. The molecule has 0 spiro atoms. The van der Waals surface area contributed by atoms with Gasteiger partial charge in [0.05, 0.1) is 6.20 Å². The van der Waals surface area contributed by atoms with E-state index in [2.05, 4.69) is 15.0 Å². The first kappa shape index (κ1) is 8.03. The Morgan fingerprint density at radius 3 is 3.00 bits per heavy atom. The molecule has 60 valence electrons. The molecule has 6 heteroatoms. The number of hydrogen-bond acceptors (Lipinski definition) is 3. The van der Waals surface area contributed by atoms with Gasteiger partial charge in [-0.15, -0.1) is 0 Å². The van der Waals surface area contributed by atoms with Gasteiger partial charge in [0.15, 0.2) is 0 Å². The molecule has 1 N–H and O–H groups in total. The first-order valence-corrected chi connectivity index (χ1v) is 2.97. The average Bonchev–Trinajstić information content (AvgIpc) is 2.05. The van der Waals surface area contributed by atoms with Crippen molar-refractivity contribution in [2.75, 3.05) is 0 Å². The lowest BCUT2D eigenvalue weighted by atomic mass is 10.3. The smallest absolute Gasteiger partial charge is 0.250 e. The van der Waals surface area contributed by atoms with E-state index in [1.165, 1.54) is 18.5 Å². The summed E-state index contributed by atoms with van der Waals surface area (Å²) in [5, 5.41) is 11.7. The highest BCUT2D eigenvalue weighted by molar-refractivity contribution is 5.94. The van der Waals surface area contributed by atoms with Gasteiger partial charge in [0.2, 0.25) is 0 Å². The molecule has 1 rings (SSSR count). The Balaban J connectivity index is 3.03. The number of hydrogen-bond donors (Lipinski definition) is 1. The number of azide groups is 1. The second kappa shape index (κ2) is 3.36. The molecule has 0 atom stereocenters. The van der Waals surface area contributed by atoms with Crippen molar-refractivity contribution in [1.82, 2.24) is 4.98 Å². The van der Waals surface area contributed by atoms with Crippen molar-refractivity contribution in [3.05, 3.63) is 34.5 Å². The Labute approximate surface area is 67.1 Å². The summed E-state index contributed by atoms with van der Waals surface area (Å²) in [6, 6.07) is 1.17. The minimum absolute atomic E-state index is 0.0628. The summed E-state index contributed by atoms with van der Waals surface area (Å²) in [6.45, 7) is 0. The molecule has 1 aromatic heterocycles. The molecule has 0 aromatic carbocycles. The van der Waals surface area contributed by atoms with Gasteiger partial charge in [-0.1, -0.05) is 0 Å².